The zero-order valence-corrected chi connectivity index (χ0v) is 17.6. The Kier molecular flexibility index (Phi) is 6.16. The Morgan fingerprint density at radius 1 is 1.03 bits per heavy atom. The van der Waals surface area contributed by atoms with Crippen LogP contribution in [0.25, 0.3) is 0 Å². The summed E-state index contributed by atoms with van der Waals surface area (Å²) in [6, 6.07) is 15.5. The van der Waals surface area contributed by atoms with Gasteiger partial charge in [-0.15, -0.1) is 0 Å². The maximum atomic E-state index is 14.9. The minimum absolute atomic E-state index is 0.299. The fourth-order valence-corrected chi connectivity index (χ4v) is 4.29. The number of nitrogens with zero attached hydrogens (tertiary/aromatic N) is 4. The van der Waals surface area contributed by atoms with Gasteiger partial charge in [-0.3, -0.25) is 4.90 Å². The lowest BCUT2D eigenvalue weighted by atomic mass is 10.00. The summed E-state index contributed by atoms with van der Waals surface area (Å²) < 4.78 is 16.6. The van der Waals surface area contributed by atoms with Crippen molar-refractivity contribution in [1.82, 2.24) is 14.5 Å². The van der Waals surface area contributed by atoms with Crippen molar-refractivity contribution in [3.05, 3.63) is 83.7 Å². The number of aryl methyl sites for hydroxylation is 1. The second-order valence-corrected chi connectivity index (χ2v) is 8.08. The quantitative estimate of drug-likeness (QED) is 0.677. The molecule has 0 amide bonds. The summed E-state index contributed by atoms with van der Waals surface area (Å²) in [5.41, 5.74) is 2.40. The molecule has 0 bridgehead atoms. The molecule has 1 aliphatic rings. The van der Waals surface area contributed by atoms with E-state index in [9.17, 15) is 9.50 Å². The summed E-state index contributed by atoms with van der Waals surface area (Å²) in [5.74, 6) is 0.663. The monoisotopic (exact) mass is 408 g/mol. The number of piperazine rings is 1. The number of hydrogen-bond donors (Lipinski definition) is 1. The van der Waals surface area contributed by atoms with Gasteiger partial charge in [-0.2, -0.15) is 0 Å². The molecule has 5 nitrogen and oxygen atoms in total. The lowest BCUT2D eigenvalue weighted by Crippen LogP contribution is -2.48. The Balaban J connectivity index is 1.47. The third kappa shape index (κ3) is 4.25. The van der Waals surface area contributed by atoms with Gasteiger partial charge in [0.1, 0.15) is 17.7 Å². The normalized spacial score (nSPS) is 17.1. The maximum absolute atomic E-state index is 14.9. The Morgan fingerprint density at radius 2 is 1.77 bits per heavy atom. The first-order valence-electron chi connectivity index (χ1n) is 10.5. The van der Waals surface area contributed by atoms with E-state index in [1.807, 2.05) is 13.1 Å². The molecule has 3 aromatic rings. The van der Waals surface area contributed by atoms with Gasteiger partial charge in [0.05, 0.1) is 5.69 Å². The van der Waals surface area contributed by atoms with E-state index in [4.69, 9.17) is 0 Å². The number of halogens is 1. The van der Waals surface area contributed by atoms with E-state index in [1.165, 1.54) is 11.6 Å². The second-order valence-electron chi connectivity index (χ2n) is 8.08. The van der Waals surface area contributed by atoms with Gasteiger partial charge in [-0.1, -0.05) is 49.4 Å². The van der Waals surface area contributed by atoms with E-state index < -0.39 is 6.10 Å². The third-order valence-electron chi connectivity index (χ3n) is 6.00. The minimum Gasteiger partial charge on any atom is -0.380 e. The van der Waals surface area contributed by atoms with Crippen molar-refractivity contribution in [1.29, 1.82) is 0 Å². The first-order valence-corrected chi connectivity index (χ1v) is 10.5. The second kappa shape index (κ2) is 8.98. The summed E-state index contributed by atoms with van der Waals surface area (Å²) in [4.78, 5) is 8.74. The van der Waals surface area contributed by atoms with E-state index in [2.05, 4.69) is 46.0 Å². The van der Waals surface area contributed by atoms with Crippen molar-refractivity contribution in [2.24, 2.45) is 7.05 Å². The van der Waals surface area contributed by atoms with Crippen LogP contribution in [0.3, 0.4) is 0 Å². The third-order valence-corrected chi connectivity index (χ3v) is 6.00. The minimum atomic E-state index is -0.966. The molecule has 1 aliphatic heterocycles. The predicted octanol–water partition coefficient (Wildman–Crippen LogP) is 3.57. The van der Waals surface area contributed by atoms with Crippen molar-refractivity contribution in [2.75, 3.05) is 37.6 Å². The van der Waals surface area contributed by atoms with Crippen LogP contribution in [-0.2, 0) is 7.05 Å². The molecule has 0 unspecified atom stereocenters. The molecule has 158 valence electrons. The van der Waals surface area contributed by atoms with Crippen molar-refractivity contribution < 1.29 is 9.50 Å². The Morgan fingerprint density at radius 3 is 2.43 bits per heavy atom. The highest BCUT2D eigenvalue weighted by Crippen LogP contribution is 2.33. The van der Waals surface area contributed by atoms with Gasteiger partial charge >= 0.3 is 0 Å². The highest BCUT2D eigenvalue weighted by molar-refractivity contribution is 5.57. The molecule has 2 aromatic carbocycles. The average molecular weight is 409 g/mol. The van der Waals surface area contributed by atoms with Crippen LogP contribution in [0.2, 0.25) is 0 Å². The van der Waals surface area contributed by atoms with Crippen LogP contribution in [0.15, 0.2) is 60.9 Å². The topological polar surface area (TPSA) is 44.5 Å². The van der Waals surface area contributed by atoms with Crippen LogP contribution in [0, 0.1) is 5.82 Å². The molecular formula is C24H29FN4O. The summed E-state index contributed by atoms with van der Waals surface area (Å²) in [5, 5.41) is 10.9. The summed E-state index contributed by atoms with van der Waals surface area (Å²) in [6.45, 7) is 6.41. The molecule has 0 radical (unpaired) electrons. The van der Waals surface area contributed by atoms with E-state index in [0.29, 0.717) is 23.0 Å². The van der Waals surface area contributed by atoms with Crippen LogP contribution < -0.4 is 4.90 Å². The molecule has 1 aromatic heterocycles. The molecule has 1 N–H and O–H groups in total. The molecule has 1 fully saturated rings. The standard InChI is InChI=1S/C24H29FN4O/c1-18(19-7-4-3-5-8-19)17-28-13-15-29(16-14-28)22-20(9-6-10-21(22)25)23(30)24-26-11-12-27(24)2/h3-12,18,23,30H,13-17H2,1-2H3/t18-,23-/m0/s1. The molecular weight excluding hydrogens is 379 g/mol. The zero-order chi connectivity index (χ0) is 21.1. The van der Waals surface area contributed by atoms with Crippen molar-refractivity contribution >= 4 is 5.69 Å². The molecule has 0 spiro atoms. The van der Waals surface area contributed by atoms with Crippen LogP contribution in [0.4, 0.5) is 10.1 Å². The molecule has 2 heterocycles. The van der Waals surface area contributed by atoms with Crippen LogP contribution in [0.1, 0.15) is 35.9 Å². The van der Waals surface area contributed by atoms with Crippen LogP contribution >= 0.6 is 0 Å². The van der Waals surface area contributed by atoms with Crippen molar-refractivity contribution in [2.45, 2.75) is 18.9 Å². The number of aliphatic hydroxyl groups excluding tert-OH is 1. The average Bonchev–Trinajstić information content (AvgIpc) is 3.20. The number of benzene rings is 2. The fraction of sp³-hybridized carbons (Fsp3) is 0.375. The molecule has 2 atom stereocenters. The van der Waals surface area contributed by atoms with Gasteiger partial charge in [-0.05, 0) is 17.5 Å². The van der Waals surface area contributed by atoms with Gasteiger partial charge in [0.15, 0.2) is 0 Å². The zero-order valence-electron chi connectivity index (χ0n) is 17.6. The number of hydrogen-bond acceptors (Lipinski definition) is 4. The van der Waals surface area contributed by atoms with Gasteiger partial charge in [0.2, 0.25) is 0 Å². The Bertz CT molecular complexity index is 966. The molecule has 30 heavy (non-hydrogen) atoms. The number of rotatable bonds is 6. The van der Waals surface area contributed by atoms with Gasteiger partial charge in [-0.25, -0.2) is 9.37 Å². The molecule has 6 heteroatoms. The highest BCUT2D eigenvalue weighted by Gasteiger charge is 2.27. The van der Waals surface area contributed by atoms with Gasteiger partial charge in [0, 0.05) is 57.7 Å². The predicted molar refractivity (Wildman–Crippen MR) is 117 cm³/mol. The lowest BCUT2D eigenvalue weighted by Gasteiger charge is -2.38. The SMILES string of the molecule is C[C@@H](CN1CCN(c2c(F)cccc2[C@H](O)c2nccn2C)CC1)c1ccccc1. The summed E-state index contributed by atoms with van der Waals surface area (Å²) in [6.07, 6.45) is 2.46. The summed E-state index contributed by atoms with van der Waals surface area (Å²) in [7, 11) is 1.83. The molecule has 0 saturated carbocycles. The first kappa shape index (κ1) is 20.6. The van der Waals surface area contributed by atoms with Gasteiger partial charge in [0.25, 0.3) is 0 Å². The largest absolute Gasteiger partial charge is 0.380 e. The van der Waals surface area contributed by atoms with Crippen LogP contribution in [-0.4, -0.2) is 52.3 Å². The number of imidazole rings is 1. The number of aromatic nitrogens is 2. The first-order chi connectivity index (χ1) is 14.5. The van der Waals surface area contributed by atoms with E-state index in [0.717, 1.165) is 32.7 Å². The Labute approximate surface area is 177 Å². The number of anilines is 1. The molecule has 4 rings (SSSR count). The Hall–Kier alpha value is -2.70. The summed E-state index contributed by atoms with van der Waals surface area (Å²) >= 11 is 0. The molecule has 1 saturated heterocycles. The maximum Gasteiger partial charge on any atom is 0.146 e. The smallest absolute Gasteiger partial charge is 0.146 e. The van der Waals surface area contributed by atoms with Gasteiger partial charge < -0.3 is 14.6 Å². The highest BCUT2D eigenvalue weighted by atomic mass is 19.1. The van der Waals surface area contributed by atoms with E-state index >= 15 is 0 Å². The van der Waals surface area contributed by atoms with Crippen molar-refractivity contribution in [3.8, 4) is 0 Å². The van der Waals surface area contributed by atoms with Crippen molar-refractivity contribution in [3.63, 3.8) is 0 Å². The fourth-order valence-electron chi connectivity index (χ4n) is 4.29. The molecule has 0 aliphatic carbocycles. The van der Waals surface area contributed by atoms with E-state index in [1.54, 1.807) is 29.1 Å². The number of aliphatic hydroxyl groups is 1. The number of para-hydroxylation sites is 1. The lowest BCUT2D eigenvalue weighted by molar-refractivity contribution is 0.205. The van der Waals surface area contributed by atoms with Crippen LogP contribution in [0.5, 0.6) is 0 Å². The van der Waals surface area contributed by atoms with E-state index in [-0.39, 0.29) is 5.82 Å².